The lowest BCUT2D eigenvalue weighted by Gasteiger charge is -2.19. The summed E-state index contributed by atoms with van der Waals surface area (Å²) >= 11 is 6.07. The number of halogens is 2. The predicted molar refractivity (Wildman–Crippen MR) is 119 cm³/mol. The maximum Gasteiger partial charge on any atom is 0.265 e. The Morgan fingerprint density at radius 2 is 1.77 bits per heavy atom. The Balaban J connectivity index is 1.62. The Morgan fingerprint density at radius 1 is 1.06 bits per heavy atom. The van der Waals surface area contributed by atoms with Crippen LogP contribution in [0.2, 0.25) is 5.02 Å². The summed E-state index contributed by atoms with van der Waals surface area (Å²) in [6.07, 6.45) is 0. The molecule has 0 aliphatic heterocycles. The van der Waals surface area contributed by atoms with Gasteiger partial charge in [0.1, 0.15) is 11.6 Å². The largest absolute Gasteiger partial charge is 0.337 e. The molecule has 4 aromatic rings. The molecule has 1 heterocycles. The normalized spacial score (nSPS) is 11.0. The fourth-order valence-corrected chi connectivity index (χ4v) is 3.74. The third kappa shape index (κ3) is 3.94. The number of amides is 1. The number of hydrogen-bond acceptors (Lipinski definition) is 3. The fourth-order valence-electron chi connectivity index (χ4n) is 3.51. The number of aromatic nitrogens is 2. The molecule has 0 N–H and O–H groups in total. The smallest absolute Gasteiger partial charge is 0.265 e. The number of fused-ring (bicyclic) bond motifs is 1. The third-order valence-electron chi connectivity index (χ3n) is 5.12. The standard InChI is InChI=1S/C24H19ClFN3O2/c1-15-27-22-9-4-3-6-18(22)24(31)29(15)17-12-10-16(11-13-17)23(30)28(2)14-19-20(25)7-5-8-21(19)26/h3-13H,14H2,1-2H3. The Kier molecular flexibility index (Phi) is 5.57. The van der Waals surface area contributed by atoms with E-state index in [1.165, 1.54) is 21.6 Å². The molecule has 0 saturated carbocycles. The van der Waals surface area contributed by atoms with E-state index in [0.717, 1.165) is 0 Å². The van der Waals surface area contributed by atoms with Gasteiger partial charge in [-0.2, -0.15) is 0 Å². The van der Waals surface area contributed by atoms with E-state index >= 15 is 0 Å². The van der Waals surface area contributed by atoms with Gasteiger partial charge in [-0.3, -0.25) is 14.2 Å². The number of hydrogen-bond donors (Lipinski definition) is 0. The van der Waals surface area contributed by atoms with Crippen LogP contribution in [0, 0.1) is 12.7 Å². The van der Waals surface area contributed by atoms with Crippen molar-refractivity contribution in [2.24, 2.45) is 0 Å². The molecule has 0 bridgehead atoms. The molecular formula is C24H19ClFN3O2. The van der Waals surface area contributed by atoms with Gasteiger partial charge in [0, 0.05) is 29.7 Å². The van der Waals surface area contributed by atoms with Crippen molar-refractivity contribution in [1.82, 2.24) is 14.5 Å². The molecule has 1 aromatic heterocycles. The van der Waals surface area contributed by atoms with E-state index in [1.807, 2.05) is 6.07 Å². The number of carbonyl (C=O) groups is 1. The first-order valence-corrected chi connectivity index (χ1v) is 10.0. The second kappa shape index (κ2) is 8.32. The zero-order valence-corrected chi connectivity index (χ0v) is 17.7. The van der Waals surface area contributed by atoms with Crippen LogP contribution in [0.3, 0.4) is 0 Å². The number of para-hydroxylation sites is 1. The average Bonchev–Trinajstić information content (AvgIpc) is 2.76. The minimum Gasteiger partial charge on any atom is -0.337 e. The lowest BCUT2D eigenvalue weighted by Crippen LogP contribution is -2.27. The SMILES string of the molecule is Cc1nc2ccccc2c(=O)n1-c1ccc(C(=O)N(C)Cc2c(F)cccc2Cl)cc1. The summed E-state index contributed by atoms with van der Waals surface area (Å²) < 4.78 is 15.6. The van der Waals surface area contributed by atoms with Crippen molar-refractivity contribution >= 4 is 28.4 Å². The highest BCUT2D eigenvalue weighted by atomic mass is 35.5. The van der Waals surface area contributed by atoms with Gasteiger partial charge in [-0.15, -0.1) is 0 Å². The summed E-state index contributed by atoms with van der Waals surface area (Å²) in [6, 6.07) is 18.3. The highest BCUT2D eigenvalue weighted by Crippen LogP contribution is 2.21. The summed E-state index contributed by atoms with van der Waals surface area (Å²) in [7, 11) is 1.58. The van der Waals surface area contributed by atoms with Crippen LogP contribution in [-0.2, 0) is 6.54 Å². The molecule has 0 spiro atoms. The molecule has 31 heavy (non-hydrogen) atoms. The fraction of sp³-hybridized carbons (Fsp3) is 0.125. The van der Waals surface area contributed by atoms with Gasteiger partial charge < -0.3 is 4.90 Å². The van der Waals surface area contributed by atoms with Crippen LogP contribution in [0.4, 0.5) is 4.39 Å². The number of benzene rings is 3. The molecule has 156 valence electrons. The van der Waals surface area contributed by atoms with Crippen molar-refractivity contribution < 1.29 is 9.18 Å². The Hall–Kier alpha value is -3.51. The molecule has 7 heteroatoms. The van der Waals surface area contributed by atoms with E-state index in [2.05, 4.69) is 4.98 Å². The summed E-state index contributed by atoms with van der Waals surface area (Å²) in [5, 5.41) is 0.795. The molecule has 5 nitrogen and oxygen atoms in total. The van der Waals surface area contributed by atoms with E-state index in [0.29, 0.717) is 28.0 Å². The molecule has 0 saturated heterocycles. The van der Waals surface area contributed by atoms with Gasteiger partial charge >= 0.3 is 0 Å². The first-order chi connectivity index (χ1) is 14.9. The van der Waals surface area contributed by atoms with Crippen molar-refractivity contribution in [2.75, 3.05) is 7.05 Å². The molecular weight excluding hydrogens is 417 g/mol. The van der Waals surface area contributed by atoms with Crippen LogP contribution >= 0.6 is 11.6 Å². The molecule has 4 rings (SSSR count). The third-order valence-corrected chi connectivity index (χ3v) is 5.47. The van der Waals surface area contributed by atoms with Gasteiger partial charge in [-0.1, -0.05) is 29.8 Å². The van der Waals surface area contributed by atoms with Crippen LogP contribution in [-0.4, -0.2) is 27.4 Å². The van der Waals surface area contributed by atoms with Gasteiger partial charge in [0.25, 0.3) is 11.5 Å². The maximum atomic E-state index is 14.0. The van der Waals surface area contributed by atoms with E-state index in [-0.39, 0.29) is 28.6 Å². The van der Waals surface area contributed by atoms with E-state index < -0.39 is 5.82 Å². The minimum absolute atomic E-state index is 0.0409. The van der Waals surface area contributed by atoms with Gasteiger partial charge in [0.2, 0.25) is 0 Å². The molecule has 0 fully saturated rings. The number of nitrogens with zero attached hydrogens (tertiary/aromatic N) is 3. The van der Waals surface area contributed by atoms with Crippen LogP contribution in [0.15, 0.2) is 71.5 Å². The predicted octanol–water partition coefficient (Wildman–Crippen LogP) is 4.76. The lowest BCUT2D eigenvalue weighted by molar-refractivity contribution is 0.0784. The summed E-state index contributed by atoms with van der Waals surface area (Å²) in [6.45, 7) is 1.80. The van der Waals surface area contributed by atoms with Gasteiger partial charge in [-0.25, -0.2) is 9.37 Å². The first-order valence-electron chi connectivity index (χ1n) is 9.64. The Labute approximate surface area is 183 Å². The van der Waals surface area contributed by atoms with E-state index in [1.54, 1.807) is 62.5 Å². The van der Waals surface area contributed by atoms with Crippen molar-refractivity contribution in [3.05, 3.63) is 105 Å². The van der Waals surface area contributed by atoms with Gasteiger partial charge in [0.05, 0.1) is 16.6 Å². The number of carbonyl (C=O) groups excluding carboxylic acids is 1. The monoisotopic (exact) mass is 435 g/mol. The van der Waals surface area contributed by atoms with Gasteiger partial charge in [-0.05, 0) is 55.5 Å². The summed E-state index contributed by atoms with van der Waals surface area (Å²) in [5.74, 6) is -0.193. The van der Waals surface area contributed by atoms with Gasteiger partial charge in [0.15, 0.2) is 0 Å². The molecule has 0 unspecified atom stereocenters. The van der Waals surface area contributed by atoms with Crippen LogP contribution in [0.1, 0.15) is 21.7 Å². The highest BCUT2D eigenvalue weighted by molar-refractivity contribution is 6.31. The van der Waals surface area contributed by atoms with Crippen molar-refractivity contribution in [2.45, 2.75) is 13.5 Å². The zero-order chi connectivity index (χ0) is 22.1. The average molecular weight is 436 g/mol. The molecule has 1 amide bonds. The Bertz CT molecular complexity index is 1330. The molecule has 0 atom stereocenters. The molecule has 0 aliphatic rings. The lowest BCUT2D eigenvalue weighted by atomic mass is 10.1. The second-order valence-electron chi connectivity index (χ2n) is 7.23. The first kappa shape index (κ1) is 20.8. The Morgan fingerprint density at radius 3 is 2.48 bits per heavy atom. The van der Waals surface area contributed by atoms with E-state index in [4.69, 9.17) is 11.6 Å². The summed E-state index contributed by atoms with van der Waals surface area (Å²) in [4.78, 5) is 31.7. The van der Waals surface area contributed by atoms with Crippen LogP contribution < -0.4 is 5.56 Å². The van der Waals surface area contributed by atoms with Crippen LogP contribution in [0.5, 0.6) is 0 Å². The quantitative estimate of drug-likeness (QED) is 0.464. The minimum atomic E-state index is -0.457. The number of aryl methyl sites for hydroxylation is 1. The zero-order valence-electron chi connectivity index (χ0n) is 17.0. The molecule has 0 aliphatic carbocycles. The highest BCUT2D eigenvalue weighted by Gasteiger charge is 2.17. The van der Waals surface area contributed by atoms with E-state index in [9.17, 15) is 14.0 Å². The summed E-state index contributed by atoms with van der Waals surface area (Å²) in [5.41, 5.74) is 1.76. The topological polar surface area (TPSA) is 55.2 Å². The van der Waals surface area contributed by atoms with Crippen LogP contribution in [0.25, 0.3) is 16.6 Å². The van der Waals surface area contributed by atoms with Crippen molar-refractivity contribution in [1.29, 1.82) is 0 Å². The van der Waals surface area contributed by atoms with Crippen molar-refractivity contribution in [3.8, 4) is 5.69 Å². The maximum absolute atomic E-state index is 14.0. The van der Waals surface area contributed by atoms with Crippen molar-refractivity contribution in [3.63, 3.8) is 0 Å². The number of rotatable bonds is 4. The second-order valence-corrected chi connectivity index (χ2v) is 7.63. The molecule has 0 radical (unpaired) electrons. The molecule has 3 aromatic carbocycles.